The summed E-state index contributed by atoms with van der Waals surface area (Å²) in [5.41, 5.74) is 0. The molecule has 0 rings (SSSR count). The lowest BCUT2D eigenvalue weighted by molar-refractivity contribution is -0.894. The van der Waals surface area contributed by atoms with E-state index in [4.69, 9.17) is 19.3 Å². The third-order valence-electron chi connectivity index (χ3n) is 7.91. The summed E-state index contributed by atoms with van der Waals surface area (Å²) in [7, 11) is 4.47. The van der Waals surface area contributed by atoms with E-state index in [1.54, 1.807) is 0 Å². The molecule has 1 unspecified atom stereocenters. The van der Waals surface area contributed by atoms with Crippen LogP contribution in [0.3, 0.4) is 0 Å². The molecule has 1 atom stereocenters. The average Bonchev–Trinajstić information content (AvgIpc) is 2.97. The van der Waals surface area contributed by atoms with E-state index in [-0.39, 0.29) is 12.7 Å². The van der Waals surface area contributed by atoms with Gasteiger partial charge in [0.25, 0.3) is 0 Å². The predicted molar refractivity (Wildman–Crippen MR) is 182 cm³/mol. The molecule has 250 valence electrons. The largest absolute Gasteiger partial charge is 0.394 e. The second kappa shape index (κ2) is 33.2. The summed E-state index contributed by atoms with van der Waals surface area (Å²) in [6, 6.07) is 0. The second-order valence-corrected chi connectivity index (χ2v) is 12.7. The number of allylic oxidation sites excluding steroid dienone is 4. The number of aliphatic hydroxyl groups is 1. The van der Waals surface area contributed by atoms with Crippen LogP contribution in [0.4, 0.5) is 0 Å². The van der Waals surface area contributed by atoms with Crippen molar-refractivity contribution in [2.45, 2.75) is 148 Å². The molecule has 0 saturated carbocycles. The first kappa shape index (κ1) is 41.3. The van der Waals surface area contributed by atoms with Crippen LogP contribution in [0, 0.1) is 0 Å². The van der Waals surface area contributed by atoms with Crippen molar-refractivity contribution in [2.75, 3.05) is 66.8 Å². The lowest BCUT2D eigenvalue weighted by atomic mass is 10.1. The van der Waals surface area contributed by atoms with Crippen molar-refractivity contribution in [1.82, 2.24) is 0 Å². The van der Waals surface area contributed by atoms with Crippen molar-refractivity contribution in [3.8, 4) is 0 Å². The average molecular weight is 597 g/mol. The van der Waals surface area contributed by atoms with Gasteiger partial charge in [-0.3, -0.25) is 0 Å². The first-order valence-corrected chi connectivity index (χ1v) is 18.1. The standard InChI is InChI=1S/C37H74NO4/c1-5-7-9-11-13-15-17-19-21-23-25-27-31-41-36-37(35-38(3,4)29-33-40-34-30-39)42-32-28-26-24-22-20-18-16-14-12-10-8-6-2/h7-10,37,39H,5-6,11-36H2,1-4H3/q+1/b9-7-,10-8-. The van der Waals surface area contributed by atoms with Gasteiger partial charge in [0.15, 0.2) is 0 Å². The number of likely N-dealkylation sites (N-methyl/N-ethyl adjacent to an activating group) is 1. The molecule has 0 radical (unpaired) electrons. The summed E-state index contributed by atoms with van der Waals surface area (Å²) >= 11 is 0. The Balaban J connectivity index is 4.06. The van der Waals surface area contributed by atoms with Crippen molar-refractivity contribution >= 4 is 0 Å². The quantitative estimate of drug-likeness (QED) is 0.0457. The minimum Gasteiger partial charge on any atom is -0.394 e. The van der Waals surface area contributed by atoms with Gasteiger partial charge in [-0.25, -0.2) is 0 Å². The molecular formula is C37H74NO4+. The summed E-state index contributed by atoms with van der Waals surface area (Å²) in [5.74, 6) is 0. The molecule has 0 aliphatic heterocycles. The number of quaternary nitrogens is 1. The molecule has 5 heteroatoms. The first-order valence-electron chi connectivity index (χ1n) is 18.1. The van der Waals surface area contributed by atoms with Gasteiger partial charge in [-0.05, 0) is 51.4 Å². The third-order valence-corrected chi connectivity index (χ3v) is 7.91. The van der Waals surface area contributed by atoms with E-state index in [0.717, 1.165) is 56.5 Å². The van der Waals surface area contributed by atoms with Crippen LogP contribution in [0.1, 0.15) is 142 Å². The van der Waals surface area contributed by atoms with E-state index in [1.165, 1.54) is 103 Å². The zero-order valence-corrected chi connectivity index (χ0v) is 28.8. The molecule has 0 fully saturated rings. The van der Waals surface area contributed by atoms with Crippen LogP contribution in [-0.4, -0.2) is 82.5 Å². The Kier molecular flexibility index (Phi) is 32.6. The maximum Gasteiger partial charge on any atom is 0.130 e. The van der Waals surface area contributed by atoms with Crippen LogP contribution in [0.25, 0.3) is 0 Å². The zero-order chi connectivity index (χ0) is 30.8. The Morgan fingerprint density at radius 2 is 1.02 bits per heavy atom. The summed E-state index contributed by atoms with van der Waals surface area (Å²) in [6.45, 7) is 9.73. The maximum atomic E-state index is 8.98. The maximum absolute atomic E-state index is 8.98. The van der Waals surface area contributed by atoms with Crippen molar-refractivity contribution in [2.24, 2.45) is 0 Å². The molecule has 0 aromatic rings. The van der Waals surface area contributed by atoms with Gasteiger partial charge >= 0.3 is 0 Å². The van der Waals surface area contributed by atoms with Crippen LogP contribution in [-0.2, 0) is 14.2 Å². The minimum atomic E-state index is 0.0839. The predicted octanol–water partition coefficient (Wildman–Crippen LogP) is 9.43. The molecule has 0 aliphatic carbocycles. The fraction of sp³-hybridized carbons (Fsp3) is 0.892. The first-order chi connectivity index (χ1) is 20.6. The highest BCUT2D eigenvalue weighted by molar-refractivity contribution is 4.80. The van der Waals surface area contributed by atoms with E-state index >= 15 is 0 Å². The van der Waals surface area contributed by atoms with Crippen LogP contribution in [0.15, 0.2) is 24.3 Å². The molecule has 0 bridgehead atoms. The van der Waals surface area contributed by atoms with Crippen molar-refractivity contribution in [3.05, 3.63) is 24.3 Å². The van der Waals surface area contributed by atoms with E-state index in [2.05, 4.69) is 52.2 Å². The van der Waals surface area contributed by atoms with Gasteiger partial charge in [-0.15, -0.1) is 0 Å². The Labute approximate surface area is 263 Å². The monoisotopic (exact) mass is 597 g/mol. The summed E-state index contributed by atoms with van der Waals surface area (Å²) in [6.07, 6.45) is 35.3. The van der Waals surface area contributed by atoms with Gasteiger partial charge in [0.05, 0.1) is 40.5 Å². The molecule has 0 amide bonds. The number of nitrogens with zero attached hydrogens (tertiary/aromatic N) is 1. The molecule has 5 nitrogen and oxygen atoms in total. The number of ether oxygens (including phenoxy) is 3. The van der Waals surface area contributed by atoms with Gasteiger partial charge in [-0.1, -0.05) is 115 Å². The van der Waals surface area contributed by atoms with Gasteiger partial charge in [0.1, 0.15) is 19.2 Å². The number of aliphatic hydroxyl groups excluding tert-OH is 1. The van der Waals surface area contributed by atoms with Gasteiger partial charge in [-0.2, -0.15) is 0 Å². The van der Waals surface area contributed by atoms with E-state index in [1.807, 2.05) is 0 Å². The normalized spacial score (nSPS) is 13.2. The number of hydrogen-bond acceptors (Lipinski definition) is 4. The van der Waals surface area contributed by atoms with Crippen LogP contribution >= 0.6 is 0 Å². The van der Waals surface area contributed by atoms with Crippen molar-refractivity contribution in [1.29, 1.82) is 0 Å². The van der Waals surface area contributed by atoms with E-state index in [9.17, 15) is 0 Å². The van der Waals surface area contributed by atoms with Gasteiger partial charge in [0, 0.05) is 13.2 Å². The van der Waals surface area contributed by atoms with Crippen LogP contribution < -0.4 is 0 Å². The molecule has 0 heterocycles. The molecule has 1 N–H and O–H groups in total. The topological polar surface area (TPSA) is 47.9 Å². The van der Waals surface area contributed by atoms with Crippen molar-refractivity contribution < 1.29 is 23.8 Å². The Bertz CT molecular complexity index is 578. The summed E-state index contributed by atoms with van der Waals surface area (Å²) < 4.78 is 18.9. The third kappa shape index (κ3) is 32.2. The smallest absolute Gasteiger partial charge is 0.130 e. The highest BCUT2D eigenvalue weighted by Gasteiger charge is 2.23. The van der Waals surface area contributed by atoms with Gasteiger partial charge < -0.3 is 23.8 Å². The number of hydrogen-bond donors (Lipinski definition) is 1. The Morgan fingerprint density at radius 1 is 0.548 bits per heavy atom. The fourth-order valence-electron chi connectivity index (χ4n) is 5.26. The van der Waals surface area contributed by atoms with E-state index in [0.29, 0.717) is 19.8 Å². The molecule has 0 aromatic carbocycles. The lowest BCUT2D eigenvalue weighted by Gasteiger charge is -2.33. The Hall–Kier alpha value is -0.720. The van der Waals surface area contributed by atoms with Crippen molar-refractivity contribution in [3.63, 3.8) is 0 Å². The molecule has 0 aromatic heterocycles. The zero-order valence-electron chi connectivity index (χ0n) is 28.8. The molecule has 42 heavy (non-hydrogen) atoms. The van der Waals surface area contributed by atoms with Crippen LogP contribution in [0.5, 0.6) is 0 Å². The lowest BCUT2D eigenvalue weighted by Crippen LogP contribution is -2.49. The highest BCUT2D eigenvalue weighted by Crippen LogP contribution is 2.13. The molecular weight excluding hydrogens is 522 g/mol. The summed E-state index contributed by atoms with van der Waals surface area (Å²) in [5, 5.41) is 8.98. The fourth-order valence-corrected chi connectivity index (χ4v) is 5.26. The minimum absolute atomic E-state index is 0.0839. The molecule has 0 spiro atoms. The Morgan fingerprint density at radius 3 is 1.52 bits per heavy atom. The number of rotatable bonds is 34. The molecule has 0 aliphatic rings. The molecule has 0 saturated heterocycles. The van der Waals surface area contributed by atoms with Crippen LogP contribution in [0.2, 0.25) is 0 Å². The second-order valence-electron chi connectivity index (χ2n) is 12.7. The van der Waals surface area contributed by atoms with E-state index < -0.39 is 0 Å². The summed E-state index contributed by atoms with van der Waals surface area (Å²) in [4.78, 5) is 0. The SMILES string of the molecule is CC/C=C\CCCCCCCCCCOCC(C[N+](C)(C)CCOCCO)OCCCCCCCCCC/C=C\CC. The highest BCUT2D eigenvalue weighted by atomic mass is 16.5. The van der Waals surface area contributed by atoms with Gasteiger partial charge in [0.2, 0.25) is 0 Å². The number of unbranched alkanes of at least 4 members (excludes halogenated alkanes) is 16.